The first-order valence-electron chi connectivity index (χ1n) is 10.1. The van der Waals surface area contributed by atoms with Crippen LogP contribution in [0.25, 0.3) is 0 Å². The van der Waals surface area contributed by atoms with Crippen LogP contribution in [0.2, 0.25) is 0 Å². The van der Waals surface area contributed by atoms with Gasteiger partial charge in [0.05, 0.1) is 19.8 Å². The predicted molar refractivity (Wildman–Crippen MR) is 110 cm³/mol. The van der Waals surface area contributed by atoms with Crippen molar-refractivity contribution in [3.63, 3.8) is 0 Å². The van der Waals surface area contributed by atoms with Gasteiger partial charge in [0.1, 0.15) is 11.5 Å². The van der Waals surface area contributed by atoms with Crippen molar-refractivity contribution in [3.05, 3.63) is 23.7 Å². The van der Waals surface area contributed by atoms with Gasteiger partial charge in [0, 0.05) is 32.7 Å². The minimum absolute atomic E-state index is 0.722. The Hall–Kier alpha value is -1.11. The highest BCUT2D eigenvalue weighted by Crippen LogP contribution is 2.11. The van der Waals surface area contributed by atoms with E-state index in [0.29, 0.717) is 0 Å². The summed E-state index contributed by atoms with van der Waals surface area (Å²) in [5.41, 5.74) is 0. The summed E-state index contributed by atoms with van der Waals surface area (Å²) in [7, 11) is 0. The number of unbranched alkanes of at least 4 members (excludes halogenated alkanes) is 4. The van der Waals surface area contributed by atoms with Crippen LogP contribution in [0.1, 0.15) is 50.5 Å². The van der Waals surface area contributed by atoms with E-state index in [4.69, 9.17) is 21.4 Å². The molecule has 0 amide bonds. The number of nitrogens with zero attached hydrogens (tertiary/aromatic N) is 2. The van der Waals surface area contributed by atoms with E-state index in [1.54, 1.807) is 0 Å². The maximum Gasteiger partial charge on any atom is 0.169 e. The molecule has 1 saturated heterocycles. The third-order valence-corrected chi connectivity index (χ3v) is 5.18. The predicted octanol–water partition coefficient (Wildman–Crippen LogP) is 3.57. The number of furan rings is 1. The van der Waals surface area contributed by atoms with Gasteiger partial charge >= 0.3 is 0 Å². The molecule has 0 spiro atoms. The molecule has 1 N–H and O–H groups in total. The molecule has 1 aromatic rings. The van der Waals surface area contributed by atoms with Gasteiger partial charge in [-0.15, -0.1) is 0 Å². The molecular formula is C20H35N3O2S. The monoisotopic (exact) mass is 381 g/mol. The highest BCUT2D eigenvalue weighted by Gasteiger charge is 2.16. The number of rotatable bonds is 11. The van der Waals surface area contributed by atoms with Gasteiger partial charge in [0.15, 0.2) is 5.11 Å². The lowest BCUT2D eigenvalue weighted by Crippen LogP contribution is -2.45. The molecule has 6 heteroatoms. The number of thiocarbonyl (C=S) groups is 1. The van der Waals surface area contributed by atoms with Crippen LogP contribution in [-0.2, 0) is 11.3 Å². The molecule has 1 aromatic heterocycles. The molecular weight excluding hydrogens is 346 g/mol. The fourth-order valence-corrected chi connectivity index (χ4v) is 3.39. The number of morpholine rings is 1. The number of hydrogen-bond acceptors (Lipinski definition) is 4. The van der Waals surface area contributed by atoms with E-state index in [9.17, 15) is 0 Å². The summed E-state index contributed by atoms with van der Waals surface area (Å²) in [6.45, 7) is 11.5. The lowest BCUT2D eigenvalue weighted by molar-refractivity contribution is 0.0355. The molecule has 0 bridgehead atoms. The average molecular weight is 382 g/mol. The van der Waals surface area contributed by atoms with Crippen molar-refractivity contribution in [2.24, 2.45) is 0 Å². The van der Waals surface area contributed by atoms with Crippen LogP contribution in [0.15, 0.2) is 16.5 Å². The quantitative estimate of drug-likeness (QED) is 0.467. The first-order chi connectivity index (χ1) is 12.7. The second kappa shape index (κ2) is 12.3. The Labute approximate surface area is 164 Å². The standard InChI is InChI=1S/C20H35N3O2S/c1-3-4-5-6-7-10-21-20(26)23(17-19-9-8-18(2)25-19)12-11-22-13-15-24-16-14-22/h8-9H,3-7,10-17H2,1-2H3,(H,21,26). The van der Waals surface area contributed by atoms with Crippen LogP contribution in [-0.4, -0.2) is 60.8 Å². The van der Waals surface area contributed by atoms with E-state index >= 15 is 0 Å². The van der Waals surface area contributed by atoms with E-state index in [2.05, 4.69) is 22.0 Å². The molecule has 1 aliphatic heterocycles. The average Bonchev–Trinajstić information content (AvgIpc) is 3.07. The normalized spacial score (nSPS) is 15.2. The summed E-state index contributed by atoms with van der Waals surface area (Å²) in [5, 5.41) is 4.28. The largest absolute Gasteiger partial charge is 0.464 e. The molecule has 0 aliphatic carbocycles. The number of ether oxygens (including phenoxy) is 1. The van der Waals surface area contributed by atoms with Crippen LogP contribution < -0.4 is 5.32 Å². The molecule has 1 aliphatic rings. The van der Waals surface area contributed by atoms with Gasteiger partial charge in [-0.1, -0.05) is 32.6 Å². The number of aryl methyl sites for hydroxylation is 1. The summed E-state index contributed by atoms with van der Waals surface area (Å²) in [6.07, 6.45) is 6.38. The van der Waals surface area contributed by atoms with Crippen molar-refractivity contribution in [1.82, 2.24) is 15.1 Å². The summed E-state index contributed by atoms with van der Waals surface area (Å²) in [5.74, 6) is 1.92. The molecule has 2 rings (SSSR count). The van der Waals surface area contributed by atoms with Crippen molar-refractivity contribution in [1.29, 1.82) is 0 Å². The van der Waals surface area contributed by atoms with Crippen molar-refractivity contribution in [3.8, 4) is 0 Å². The second-order valence-corrected chi connectivity index (χ2v) is 7.42. The molecule has 26 heavy (non-hydrogen) atoms. The zero-order chi connectivity index (χ0) is 18.6. The van der Waals surface area contributed by atoms with Crippen molar-refractivity contribution in [2.45, 2.75) is 52.5 Å². The summed E-state index contributed by atoms with van der Waals surface area (Å²) >= 11 is 5.68. The fraction of sp³-hybridized carbons (Fsp3) is 0.750. The number of hydrogen-bond donors (Lipinski definition) is 1. The molecule has 0 saturated carbocycles. The summed E-state index contributed by atoms with van der Waals surface area (Å²) in [6, 6.07) is 4.06. The Kier molecular flexibility index (Phi) is 10.0. The SMILES string of the molecule is CCCCCCCNC(=S)N(CCN1CCOCC1)Cc1ccc(C)o1. The zero-order valence-electron chi connectivity index (χ0n) is 16.5. The molecule has 148 valence electrons. The lowest BCUT2D eigenvalue weighted by atomic mass is 10.1. The Morgan fingerprint density at radius 2 is 1.96 bits per heavy atom. The molecule has 5 nitrogen and oxygen atoms in total. The molecule has 0 unspecified atom stereocenters. The molecule has 1 fully saturated rings. The maximum atomic E-state index is 5.76. The van der Waals surface area contributed by atoms with E-state index in [0.717, 1.165) is 69.1 Å². The minimum atomic E-state index is 0.722. The zero-order valence-corrected chi connectivity index (χ0v) is 17.3. The number of nitrogens with one attached hydrogen (secondary N) is 1. The Bertz CT molecular complexity index is 515. The van der Waals surface area contributed by atoms with E-state index in [-0.39, 0.29) is 0 Å². The van der Waals surface area contributed by atoms with Gasteiger partial charge in [-0.25, -0.2) is 0 Å². The van der Waals surface area contributed by atoms with Gasteiger partial charge in [0.25, 0.3) is 0 Å². The Morgan fingerprint density at radius 1 is 1.19 bits per heavy atom. The van der Waals surface area contributed by atoms with E-state index in [1.165, 1.54) is 32.1 Å². The second-order valence-electron chi connectivity index (χ2n) is 7.03. The van der Waals surface area contributed by atoms with E-state index < -0.39 is 0 Å². The highest BCUT2D eigenvalue weighted by molar-refractivity contribution is 7.80. The Morgan fingerprint density at radius 3 is 2.65 bits per heavy atom. The third kappa shape index (κ3) is 8.06. The van der Waals surface area contributed by atoms with Gasteiger partial charge in [-0.05, 0) is 37.7 Å². The maximum absolute atomic E-state index is 5.76. The first kappa shape index (κ1) is 21.2. The smallest absolute Gasteiger partial charge is 0.169 e. The van der Waals surface area contributed by atoms with Crippen LogP contribution in [0, 0.1) is 6.92 Å². The van der Waals surface area contributed by atoms with Crippen molar-refractivity contribution >= 4 is 17.3 Å². The van der Waals surface area contributed by atoms with Crippen LogP contribution in [0.3, 0.4) is 0 Å². The van der Waals surface area contributed by atoms with Gasteiger partial charge in [-0.3, -0.25) is 4.90 Å². The molecule has 0 aromatic carbocycles. The topological polar surface area (TPSA) is 40.9 Å². The summed E-state index contributed by atoms with van der Waals surface area (Å²) < 4.78 is 11.2. The van der Waals surface area contributed by atoms with Crippen LogP contribution >= 0.6 is 12.2 Å². The molecule has 2 heterocycles. The summed E-state index contributed by atoms with van der Waals surface area (Å²) in [4.78, 5) is 4.67. The molecule has 0 atom stereocenters. The highest BCUT2D eigenvalue weighted by atomic mass is 32.1. The van der Waals surface area contributed by atoms with Crippen molar-refractivity contribution in [2.75, 3.05) is 45.9 Å². The van der Waals surface area contributed by atoms with Gasteiger partial charge < -0.3 is 19.4 Å². The van der Waals surface area contributed by atoms with Crippen molar-refractivity contribution < 1.29 is 9.15 Å². The first-order valence-corrected chi connectivity index (χ1v) is 10.5. The van der Waals surface area contributed by atoms with E-state index in [1.807, 2.05) is 19.1 Å². The van der Waals surface area contributed by atoms with Gasteiger partial charge in [-0.2, -0.15) is 0 Å². The fourth-order valence-electron chi connectivity index (χ4n) is 3.13. The Balaban J connectivity index is 1.79. The van der Waals surface area contributed by atoms with Gasteiger partial charge in [0.2, 0.25) is 0 Å². The van der Waals surface area contributed by atoms with Crippen LogP contribution in [0.5, 0.6) is 0 Å². The molecule has 0 radical (unpaired) electrons. The minimum Gasteiger partial charge on any atom is -0.464 e. The third-order valence-electron chi connectivity index (χ3n) is 4.78. The lowest BCUT2D eigenvalue weighted by Gasteiger charge is -2.31. The van der Waals surface area contributed by atoms with Crippen LogP contribution in [0.4, 0.5) is 0 Å².